The molecule has 0 bridgehead atoms. The summed E-state index contributed by atoms with van der Waals surface area (Å²) in [5.41, 5.74) is 1.08. The first kappa shape index (κ1) is 18.5. The summed E-state index contributed by atoms with van der Waals surface area (Å²) in [4.78, 5) is 20.1. The van der Waals surface area contributed by atoms with Gasteiger partial charge in [0.25, 0.3) is 0 Å². The average molecular weight is 356 g/mol. The Morgan fingerprint density at radius 2 is 1.96 bits per heavy atom. The quantitative estimate of drug-likeness (QED) is 0.914. The first-order valence-corrected chi connectivity index (χ1v) is 9.09. The Morgan fingerprint density at radius 1 is 1.23 bits per heavy atom. The normalized spacial score (nSPS) is 21.7. The fraction of sp³-hybridized carbons (Fsp3) is 0.500. The van der Waals surface area contributed by atoms with Gasteiger partial charge in [-0.1, -0.05) is 51.1 Å². The monoisotopic (exact) mass is 356 g/mol. The van der Waals surface area contributed by atoms with Gasteiger partial charge in [-0.05, 0) is 11.0 Å². The van der Waals surface area contributed by atoms with Crippen molar-refractivity contribution in [2.75, 3.05) is 13.1 Å². The Morgan fingerprint density at radius 3 is 2.54 bits per heavy atom. The van der Waals surface area contributed by atoms with Gasteiger partial charge in [-0.25, -0.2) is 9.78 Å². The molecule has 2 heterocycles. The van der Waals surface area contributed by atoms with Gasteiger partial charge in [-0.3, -0.25) is 4.90 Å². The smallest absolute Gasteiger partial charge is 0.407 e. The van der Waals surface area contributed by atoms with Crippen LogP contribution in [0.5, 0.6) is 0 Å². The van der Waals surface area contributed by atoms with E-state index in [1.807, 2.05) is 16.8 Å². The highest BCUT2D eigenvalue weighted by Gasteiger charge is 2.45. The molecule has 6 nitrogen and oxygen atoms in total. The first-order chi connectivity index (χ1) is 12.4. The summed E-state index contributed by atoms with van der Waals surface area (Å²) in [6.45, 7) is 9.18. The van der Waals surface area contributed by atoms with Crippen LogP contribution < -0.4 is 0 Å². The summed E-state index contributed by atoms with van der Waals surface area (Å²) in [6, 6.07) is 10.4. The maximum atomic E-state index is 11.9. The lowest BCUT2D eigenvalue weighted by molar-refractivity contribution is -0.0311. The molecule has 2 unspecified atom stereocenters. The zero-order valence-corrected chi connectivity index (χ0v) is 15.7. The lowest BCUT2D eigenvalue weighted by atomic mass is 9.79. The fourth-order valence-corrected chi connectivity index (χ4v) is 4.05. The van der Waals surface area contributed by atoms with Crippen molar-refractivity contribution in [3.8, 4) is 0 Å². The van der Waals surface area contributed by atoms with Crippen LogP contribution in [0.4, 0.5) is 4.79 Å². The van der Waals surface area contributed by atoms with E-state index in [0.29, 0.717) is 6.54 Å². The van der Waals surface area contributed by atoms with E-state index in [2.05, 4.69) is 54.9 Å². The topological polar surface area (TPSA) is 61.6 Å². The van der Waals surface area contributed by atoms with Crippen LogP contribution in [-0.4, -0.2) is 55.7 Å². The Hall–Kier alpha value is -2.34. The molecule has 1 N–H and O–H groups in total. The predicted octanol–water partition coefficient (Wildman–Crippen LogP) is 3.16. The number of carboxylic acid groups (broad SMARTS) is 1. The number of hydrogen-bond acceptors (Lipinski definition) is 3. The van der Waals surface area contributed by atoms with Gasteiger partial charge >= 0.3 is 6.09 Å². The minimum atomic E-state index is -0.833. The Balaban J connectivity index is 1.93. The minimum absolute atomic E-state index is 0.0780. The van der Waals surface area contributed by atoms with E-state index < -0.39 is 6.09 Å². The molecule has 3 rings (SSSR count). The average Bonchev–Trinajstić information content (AvgIpc) is 3.09. The van der Waals surface area contributed by atoms with Gasteiger partial charge in [0, 0.05) is 44.6 Å². The molecule has 0 aliphatic carbocycles. The van der Waals surface area contributed by atoms with Gasteiger partial charge in [-0.2, -0.15) is 0 Å². The summed E-state index contributed by atoms with van der Waals surface area (Å²) in [5.74, 6) is 0. The largest absolute Gasteiger partial charge is 0.465 e. The number of rotatable bonds is 4. The molecular formula is C20H28N4O2. The molecule has 140 valence electrons. The van der Waals surface area contributed by atoms with E-state index >= 15 is 0 Å². The SMILES string of the molecule is CC(C)(C)C1C(Cn2ccnc2)N(Cc2ccccc2)CCN1C(=O)O. The number of carbonyl (C=O) groups is 1. The second-order valence-corrected chi connectivity index (χ2v) is 8.07. The van der Waals surface area contributed by atoms with Crippen molar-refractivity contribution in [1.82, 2.24) is 19.4 Å². The summed E-state index contributed by atoms with van der Waals surface area (Å²) in [5, 5.41) is 9.78. The Kier molecular flexibility index (Phi) is 5.32. The molecule has 0 saturated carbocycles. The van der Waals surface area contributed by atoms with Crippen LogP contribution in [0.2, 0.25) is 0 Å². The third kappa shape index (κ3) is 4.07. The zero-order chi connectivity index (χ0) is 18.7. The fourth-order valence-electron chi connectivity index (χ4n) is 4.05. The maximum absolute atomic E-state index is 11.9. The van der Waals surface area contributed by atoms with Crippen LogP contribution >= 0.6 is 0 Å². The number of benzene rings is 1. The number of imidazole rings is 1. The third-order valence-electron chi connectivity index (χ3n) is 5.12. The van der Waals surface area contributed by atoms with Gasteiger partial charge in [0.05, 0.1) is 12.4 Å². The number of amides is 1. The van der Waals surface area contributed by atoms with Crippen LogP contribution in [0.15, 0.2) is 49.1 Å². The maximum Gasteiger partial charge on any atom is 0.407 e. The molecule has 0 spiro atoms. The van der Waals surface area contributed by atoms with Crippen LogP contribution in [0.3, 0.4) is 0 Å². The lowest BCUT2D eigenvalue weighted by Gasteiger charge is -2.51. The zero-order valence-electron chi connectivity index (χ0n) is 15.7. The highest BCUT2D eigenvalue weighted by molar-refractivity contribution is 5.66. The molecule has 1 aromatic heterocycles. The van der Waals surface area contributed by atoms with Gasteiger partial charge in [0.2, 0.25) is 0 Å². The van der Waals surface area contributed by atoms with E-state index in [1.54, 1.807) is 17.4 Å². The van der Waals surface area contributed by atoms with E-state index in [-0.39, 0.29) is 17.5 Å². The number of nitrogens with zero attached hydrogens (tertiary/aromatic N) is 4. The summed E-state index contributed by atoms with van der Waals surface area (Å²) in [7, 11) is 0. The van der Waals surface area contributed by atoms with E-state index in [0.717, 1.165) is 19.6 Å². The molecule has 1 saturated heterocycles. The molecule has 2 aromatic rings. The first-order valence-electron chi connectivity index (χ1n) is 9.09. The van der Waals surface area contributed by atoms with Crippen molar-refractivity contribution >= 4 is 6.09 Å². The van der Waals surface area contributed by atoms with Crippen LogP contribution in [-0.2, 0) is 13.1 Å². The van der Waals surface area contributed by atoms with Crippen molar-refractivity contribution in [2.24, 2.45) is 5.41 Å². The highest BCUT2D eigenvalue weighted by atomic mass is 16.4. The molecule has 1 aliphatic rings. The number of aromatic nitrogens is 2. The van der Waals surface area contributed by atoms with Crippen molar-refractivity contribution in [3.05, 3.63) is 54.6 Å². The van der Waals surface area contributed by atoms with E-state index in [4.69, 9.17) is 0 Å². The van der Waals surface area contributed by atoms with Crippen molar-refractivity contribution in [1.29, 1.82) is 0 Å². The third-order valence-corrected chi connectivity index (χ3v) is 5.12. The molecular weight excluding hydrogens is 328 g/mol. The molecule has 2 atom stereocenters. The minimum Gasteiger partial charge on any atom is -0.465 e. The number of piperazine rings is 1. The van der Waals surface area contributed by atoms with Crippen LogP contribution in [0, 0.1) is 5.41 Å². The summed E-state index contributed by atoms with van der Waals surface area (Å²) in [6.07, 6.45) is 4.69. The van der Waals surface area contributed by atoms with Crippen LogP contribution in [0.25, 0.3) is 0 Å². The van der Waals surface area contributed by atoms with Crippen molar-refractivity contribution < 1.29 is 9.90 Å². The lowest BCUT2D eigenvalue weighted by Crippen LogP contribution is -2.65. The molecule has 0 radical (unpaired) electrons. The Bertz CT molecular complexity index is 709. The molecule has 6 heteroatoms. The van der Waals surface area contributed by atoms with Gasteiger partial charge < -0.3 is 14.6 Å². The summed E-state index contributed by atoms with van der Waals surface area (Å²) >= 11 is 0. The second-order valence-electron chi connectivity index (χ2n) is 8.07. The van der Waals surface area contributed by atoms with E-state index in [1.165, 1.54) is 5.56 Å². The molecule has 1 aliphatic heterocycles. The van der Waals surface area contributed by atoms with Crippen molar-refractivity contribution in [2.45, 2.75) is 45.9 Å². The Labute approximate surface area is 155 Å². The molecule has 26 heavy (non-hydrogen) atoms. The molecule has 1 amide bonds. The predicted molar refractivity (Wildman–Crippen MR) is 101 cm³/mol. The second kappa shape index (κ2) is 7.50. The van der Waals surface area contributed by atoms with E-state index in [9.17, 15) is 9.90 Å². The van der Waals surface area contributed by atoms with Gasteiger partial charge in [0.1, 0.15) is 0 Å². The van der Waals surface area contributed by atoms with Crippen LogP contribution in [0.1, 0.15) is 26.3 Å². The molecule has 1 fully saturated rings. The number of hydrogen-bond donors (Lipinski definition) is 1. The highest BCUT2D eigenvalue weighted by Crippen LogP contribution is 2.33. The van der Waals surface area contributed by atoms with Gasteiger partial charge in [-0.15, -0.1) is 0 Å². The van der Waals surface area contributed by atoms with Gasteiger partial charge in [0.15, 0.2) is 0 Å². The molecule has 1 aromatic carbocycles. The van der Waals surface area contributed by atoms with Crippen molar-refractivity contribution in [3.63, 3.8) is 0 Å². The standard InChI is InChI=1S/C20H28N4O2/c1-20(2,3)18-17(14-22-10-9-21-15-22)23(11-12-24(18)19(25)26)13-16-7-5-4-6-8-16/h4-10,15,17-18H,11-14H2,1-3H3,(H,25,26). The summed E-state index contributed by atoms with van der Waals surface area (Å²) < 4.78 is 2.05.